The maximum absolute atomic E-state index is 12.0. The number of nitrogens with one attached hydrogen (secondary N) is 3. The molecule has 0 aromatic carbocycles. The molecular formula is C12H12F3N5O2S2. The number of nitrogens with zero attached hydrogens (tertiary/aromatic N) is 2. The quantitative estimate of drug-likeness (QED) is 0.693. The summed E-state index contributed by atoms with van der Waals surface area (Å²) in [4.78, 5) is 28.1. The van der Waals surface area contributed by atoms with Crippen LogP contribution in [0.4, 0.5) is 18.0 Å². The van der Waals surface area contributed by atoms with Crippen LogP contribution >= 0.6 is 23.1 Å². The third-order valence-corrected chi connectivity index (χ3v) is 4.39. The summed E-state index contributed by atoms with van der Waals surface area (Å²) in [5, 5.41) is 11.5. The minimum Gasteiger partial charge on any atom is -0.329 e. The number of imide groups is 1. The van der Waals surface area contributed by atoms with Gasteiger partial charge in [-0.1, -0.05) is 17.8 Å². The average molecular weight is 379 g/mol. The molecule has 3 N–H and O–H groups in total. The van der Waals surface area contributed by atoms with E-state index in [0.717, 1.165) is 16.6 Å². The lowest BCUT2D eigenvalue weighted by molar-refractivity contribution is -0.124. The fourth-order valence-corrected chi connectivity index (χ4v) is 2.86. The summed E-state index contributed by atoms with van der Waals surface area (Å²) in [5.74, 6) is -0.204. The zero-order chi connectivity index (χ0) is 17.7. The third-order valence-electron chi connectivity index (χ3n) is 2.56. The Bertz CT molecular complexity index is 702. The van der Waals surface area contributed by atoms with Crippen LogP contribution in [0.25, 0.3) is 10.7 Å². The number of halogens is 3. The van der Waals surface area contributed by atoms with Crippen molar-refractivity contribution in [2.45, 2.75) is 23.5 Å². The van der Waals surface area contributed by atoms with Crippen LogP contribution in [0.2, 0.25) is 0 Å². The molecule has 130 valence electrons. The van der Waals surface area contributed by atoms with Gasteiger partial charge in [-0.2, -0.15) is 13.2 Å². The van der Waals surface area contributed by atoms with Crippen molar-refractivity contribution in [2.24, 2.45) is 0 Å². The number of hydrogen-bond acceptors (Lipinski definition) is 6. The molecule has 1 unspecified atom stereocenters. The second kappa shape index (κ2) is 7.66. The fourth-order valence-electron chi connectivity index (χ4n) is 1.47. The third kappa shape index (κ3) is 5.53. The van der Waals surface area contributed by atoms with E-state index in [1.165, 1.54) is 18.3 Å². The highest BCUT2D eigenvalue weighted by Crippen LogP contribution is 2.25. The van der Waals surface area contributed by atoms with E-state index < -0.39 is 29.9 Å². The monoisotopic (exact) mass is 379 g/mol. The van der Waals surface area contributed by atoms with Crippen molar-refractivity contribution in [3.05, 3.63) is 17.5 Å². The fraction of sp³-hybridized carbons (Fsp3) is 0.333. The molecule has 7 nitrogen and oxygen atoms in total. The van der Waals surface area contributed by atoms with Gasteiger partial charge in [0.25, 0.3) is 0 Å². The van der Waals surface area contributed by atoms with E-state index >= 15 is 0 Å². The summed E-state index contributed by atoms with van der Waals surface area (Å²) in [6.07, 6.45) is -4.54. The summed E-state index contributed by atoms with van der Waals surface area (Å²) in [7, 11) is 0. The molecular weight excluding hydrogens is 367 g/mol. The van der Waals surface area contributed by atoms with Crippen LogP contribution in [-0.2, 0) is 4.79 Å². The lowest BCUT2D eigenvalue weighted by Crippen LogP contribution is -2.45. The first kappa shape index (κ1) is 18.3. The summed E-state index contributed by atoms with van der Waals surface area (Å²) in [5.41, 5.74) is 0. The van der Waals surface area contributed by atoms with Gasteiger partial charge in [-0.15, -0.1) is 16.4 Å². The van der Waals surface area contributed by atoms with Crippen molar-refractivity contribution in [1.29, 1.82) is 0 Å². The van der Waals surface area contributed by atoms with Crippen molar-refractivity contribution in [1.82, 2.24) is 25.8 Å². The van der Waals surface area contributed by atoms with Crippen LogP contribution in [0.1, 0.15) is 6.92 Å². The highest BCUT2D eigenvalue weighted by Gasteiger charge is 2.28. The first-order valence-electron chi connectivity index (χ1n) is 6.53. The van der Waals surface area contributed by atoms with Gasteiger partial charge in [0.05, 0.1) is 10.1 Å². The number of thiophene rings is 1. The van der Waals surface area contributed by atoms with Crippen LogP contribution in [0.15, 0.2) is 22.7 Å². The van der Waals surface area contributed by atoms with Crippen LogP contribution in [-0.4, -0.2) is 45.1 Å². The van der Waals surface area contributed by atoms with E-state index in [1.807, 2.05) is 22.8 Å². The Kier molecular flexibility index (Phi) is 5.83. The van der Waals surface area contributed by atoms with Gasteiger partial charge in [0.1, 0.15) is 6.54 Å². The number of urea groups is 1. The van der Waals surface area contributed by atoms with Gasteiger partial charge in [-0.25, -0.2) is 9.78 Å². The molecule has 0 aliphatic rings. The summed E-state index contributed by atoms with van der Waals surface area (Å²) < 4.78 is 35.9. The Hall–Kier alpha value is -2.08. The number of aromatic nitrogens is 3. The Labute approximate surface area is 142 Å². The van der Waals surface area contributed by atoms with Gasteiger partial charge in [-0.3, -0.25) is 15.2 Å². The van der Waals surface area contributed by atoms with E-state index in [1.54, 1.807) is 5.32 Å². The first-order chi connectivity index (χ1) is 11.2. The number of amides is 3. The van der Waals surface area contributed by atoms with Crippen LogP contribution < -0.4 is 10.6 Å². The van der Waals surface area contributed by atoms with E-state index in [2.05, 4.69) is 15.2 Å². The summed E-state index contributed by atoms with van der Waals surface area (Å²) in [6, 6.07) is 2.49. The normalized spacial score (nSPS) is 12.7. The topological polar surface area (TPSA) is 99.8 Å². The highest BCUT2D eigenvalue weighted by atomic mass is 32.2. The van der Waals surface area contributed by atoms with Gasteiger partial charge in [0.2, 0.25) is 11.1 Å². The first-order valence-corrected chi connectivity index (χ1v) is 8.29. The van der Waals surface area contributed by atoms with Crippen LogP contribution in [0, 0.1) is 0 Å². The molecule has 0 fully saturated rings. The molecule has 2 aromatic rings. The highest BCUT2D eigenvalue weighted by molar-refractivity contribution is 8.00. The number of alkyl halides is 3. The molecule has 0 saturated heterocycles. The van der Waals surface area contributed by atoms with Crippen LogP contribution in [0.5, 0.6) is 0 Å². The Morgan fingerprint density at radius 3 is 2.83 bits per heavy atom. The molecule has 0 saturated carbocycles. The van der Waals surface area contributed by atoms with Crippen molar-refractivity contribution in [2.75, 3.05) is 6.54 Å². The van der Waals surface area contributed by atoms with Gasteiger partial charge < -0.3 is 5.32 Å². The number of aromatic amines is 1. The summed E-state index contributed by atoms with van der Waals surface area (Å²) in [6.45, 7) is -0.0308. The standard InChI is InChI=1S/C12H12F3N5O2S2/c1-6(9(21)18-10(22)16-5-12(13,14)15)24-11-17-8(19-20-11)7-3-2-4-23-7/h2-4,6H,5H2,1H3,(H,17,19,20)(H2,16,18,21,22). The van der Waals surface area contributed by atoms with E-state index in [4.69, 9.17) is 0 Å². The van der Waals surface area contributed by atoms with E-state index in [0.29, 0.717) is 5.82 Å². The molecule has 0 radical (unpaired) electrons. The second-order valence-corrected chi connectivity index (χ2v) is 6.75. The number of hydrogen-bond donors (Lipinski definition) is 3. The second-order valence-electron chi connectivity index (χ2n) is 4.49. The Morgan fingerprint density at radius 2 is 2.21 bits per heavy atom. The predicted molar refractivity (Wildman–Crippen MR) is 82.6 cm³/mol. The number of carbonyl (C=O) groups excluding carboxylic acids is 2. The van der Waals surface area contributed by atoms with Crippen molar-refractivity contribution in [3.63, 3.8) is 0 Å². The average Bonchev–Trinajstić information content (AvgIpc) is 3.14. The largest absolute Gasteiger partial charge is 0.405 e. The molecule has 3 amide bonds. The minimum atomic E-state index is -4.54. The molecule has 0 spiro atoms. The zero-order valence-corrected chi connectivity index (χ0v) is 13.8. The Balaban J connectivity index is 1.84. The predicted octanol–water partition coefficient (Wildman–Crippen LogP) is 2.40. The zero-order valence-electron chi connectivity index (χ0n) is 12.2. The maximum Gasteiger partial charge on any atom is 0.405 e. The minimum absolute atomic E-state index is 0.289. The molecule has 24 heavy (non-hydrogen) atoms. The van der Waals surface area contributed by atoms with Gasteiger partial charge in [-0.05, 0) is 18.4 Å². The van der Waals surface area contributed by atoms with Crippen LogP contribution in [0.3, 0.4) is 0 Å². The number of thioether (sulfide) groups is 1. The maximum atomic E-state index is 12.0. The molecule has 0 bridgehead atoms. The smallest absolute Gasteiger partial charge is 0.329 e. The van der Waals surface area contributed by atoms with Crippen molar-refractivity contribution < 1.29 is 22.8 Å². The molecule has 0 aliphatic heterocycles. The molecule has 1 atom stereocenters. The van der Waals surface area contributed by atoms with Gasteiger partial charge >= 0.3 is 12.2 Å². The molecule has 2 aromatic heterocycles. The SMILES string of the molecule is CC(Sc1n[nH]c(-c2cccs2)n1)C(=O)NC(=O)NCC(F)(F)F. The van der Waals surface area contributed by atoms with Crippen molar-refractivity contribution >= 4 is 35.0 Å². The summed E-state index contributed by atoms with van der Waals surface area (Å²) >= 11 is 2.44. The molecule has 2 rings (SSSR count). The molecule has 12 heteroatoms. The number of rotatable bonds is 5. The van der Waals surface area contributed by atoms with Crippen molar-refractivity contribution in [3.8, 4) is 10.7 Å². The molecule has 2 heterocycles. The van der Waals surface area contributed by atoms with Gasteiger partial charge in [0.15, 0.2) is 5.82 Å². The lowest BCUT2D eigenvalue weighted by Gasteiger charge is -2.11. The van der Waals surface area contributed by atoms with E-state index in [9.17, 15) is 22.8 Å². The molecule has 0 aliphatic carbocycles. The number of carbonyl (C=O) groups is 2. The lowest BCUT2D eigenvalue weighted by atomic mass is 10.4. The Morgan fingerprint density at radius 1 is 1.46 bits per heavy atom. The van der Waals surface area contributed by atoms with E-state index in [-0.39, 0.29) is 5.16 Å². The number of H-pyrrole nitrogens is 1. The van der Waals surface area contributed by atoms with Gasteiger partial charge in [0, 0.05) is 0 Å².